The van der Waals surface area contributed by atoms with Gasteiger partial charge in [-0.1, -0.05) is 97.3 Å². The van der Waals surface area contributed by atoms with Gasteiger partial charge in [0.1, 0.15) is 0 Å². The summed E-state index contributed by atoms with van der Waals surface area (Å²) in [4.78, 5) is 0. The highest BCUT2D eigenvalue weighted by Gasteiger charge is 2.12. The minimum absolute atomic E-state index is 0.0114. The van der Waals surface area contributed by atoms with Crippen molar-refractivity contribution in [3.8, 4) is 0 Å². The van der Waals surface area contributed by atoms with Crippen LogP contribution in [0.2, 0.25) is 0 Å². The second-order valence-corrected chi connectivity index (χ2v) is 6.70. The fourth-order valence-electron chi connectivity index (χ4n) is 2.93. The first kappa shape index (κ1) is 20.9. The molecule has 21 heavy (non-hydrogen) atoms. The van der Waals surface area contributed by atoms with E-state index in [-0.39, 0.29) is 12.1 Å². The molecule has 128 valence electrons. The summed E-state index contributed by atoms with van der Waals surface area (Å²) in [6.45, 7) is 4.40. The molecule has 0 aliphatic carbocycles. The summed E-state index contributed by atoms with van der Waals surface area (Å²) in [6, 6.07) is -0.0114. The molecule has 0 radical (unpaired) electrons. The Morgan fingerprint density at radius 1 is 0.619 bits per heavy atom. The molecule has 0 heterocycles. The molecule has 0 unspecified atom stereocenters. The first-order valence-electron chi connectivity index (χ1n) is 9.66. The van der Waals surface area contributed by atoms with Crippen molar-refractivity contribution in [1.82, 2.24) is 0 Å². The minimum Gasteiger partial charge on any atom is -0.392 e. The van der Waals surface area contributed by atoms with Gasteiger partial charge in [-0.2, -0.15) is 0 Å². The molecule has 0 rings (SSSR count). The van der Waals surface area contributed by atoms with Crippen molar-refractivity contribution in [3.05, 3.63) is 0 Å². The molecule has 0 saturated carbocycles. The Labute approximate surface area is 133 Å². The zero-order valence-electron chi connectivity index (χ0n) is 14.8. The van der Waals surface area contributed by atoms with Crippen molar-refractivity contribution >= 4 is 0 Å². The van der Waals surface area contributed by atoms with E-state index < -0.39 is 0 Å². The molecule has 0 bridgehead atoms. The molecule has 0 aliphatic rings. The lowest BCUT2D eigenvalue weighted by atomic mass is 10.00. The standard InChI is InChI=1S/C19H41NO/c1-3-5-6-7-8-9-10-11-12-13-14-15-17-19(21)18(20)16-4-2/h18-19,21H,3-17,20H2,1-2H3/t18-,19+/m0/s1. The number of aliphatic hydroxyl groups is 1. The number of hydrogen-bond donors (Lipinski definition) is 2. The zero-order valence-corrected chi connectivity index (χ0v) is 14.8. The van der Waals surface area contributed by atoms with Gasteiger partial charge in [-0.05, 0) is 12.8 Å². The predicted octanol–water partition coefficient (Wildman–Crippen LogP) is 5.57. The van der Waals surface area contributed by atoms with Gasteiger partial charge in [0, 0.05) is 6.04 Å². The van der Waals surface area contributed by atoms with Crippen LogP contribution >= 0.6 is 0 Å². The number of nitrogens with two attached hydrogens (primary N) is 1. The van der Waals surface area contributed by atoms with Gasteiger partial charge >= 0.3 is 0 Å². The third-order valence-corrected chi connectivity index (χ3v) is 4.47. The summed E-state index contributed by atoms with van der Waals surface area (Å²) in [5.41, 5.74) is 5.92. The quantitative estimate of drug-likeness (QED) is 0.366. The molecule has 0 aromatic heterocycles. The van der Waals surface area contributed by atoms with Crippen LogP contribution in [0.4, 0.5) is 0 Å². The first-order valence-corrected chi connectivity index (χ1v) is 9.66. The van der Waals surface area contributed by atoms with E-state index in [1.54, 1.807) is 0 Å². The minimum atomic E-state index is -0.284. The lowest BCUT2D eigenvalue weighted by Crippen LogP contribution is -2.34. The molecule has 3 N–H and O–H groups in total. The summed E-state index contributed by atoms with van der Waals surface area (Å²) >= 11 is 0. The van der Waals surface area contributed by atoms with Gasteiger partial charge in [-0.3, -0.25) is 0 Å². The maximum absolute atomic E-state index is 9.89. The number of aliphatic hydroxyl groups excluding tert-OH is 1. The Hall–Kier alpha value is -0.0800. The highest BCUT2D eigenvalue weighted by atomic mass is 16.3. The SMILES string of the molecule is CCCCCCCCCCCCCC[C@@H](O)[C@@H](N)CCC. The third-order valence-electron chi connectivity index (χ3n) is 4.47. The van der Waals surface area contributed by atoms with E-state index >= 15 is 0 Å². The van der Waals surface area contributed by atoms with Crippen LogP contribution in [0, 0.1) is 0 Å². The smallest absolute Gasteiger partial charge is 0.0691 e. The molecular weight excluding hydrogens is 258 g/mol. The monoisotopic (exact) mass is 299 g/mol. The molecule has 0 aromatic rings. The molecular formula is C19H41NO. The molecule has 2 heteroatoms. The average molecular weight is 300 g/mol. The largest absolute Gasteiger partial charge is 0.392 e. The molecule has 0 amide bonds. The summed E-state index contributed by atoms with van der Waals surface area (Å²) < 4.78 is 0. The van der Waals surface area contributed by atoms with Gasteiger partial charge in [0.2, 0.25) is 0 Å². The van der Waals surface area contributed by atoms with Crippen LogP contribution in [-0.2, 0) is 0 Å². The molecule has 0 aliphatic heterocycles. The number of hydrogen-bond acceptors (Lipinski definition) is 2. The Kier molecular flexibility index (Phi) is 16.2. The maximum atomic E-state index is 9.89. The van der Waals surface area contributed by atoms with Crippen molar-refractivity contribution in [2.75, 3.05) is 0 Å². The van der Waals surface area contributed by atoms with Gasteiger partial charge < -0.3 is 10.8 Å². The first-order chi connectivity index (χ1) is 10.2. The van der Waals surface area contributed by atoms with Gasteiger partial charge in [-0.25, -0.2) is 0 Å². The third kappa shape index (κ3) is 14.6. The van der Waals surface area contributed by atoms with Gasteiger partial charge in [0.05, 0.1) is 6.10 Å². The molecule has 2 nitrogen and oxygen atoms in total. The van der Waals surface area contributed by atoms with E-state index in [1.165, 1.54) is 70.6 Å². The number of rotatable bonds is 16. The highest BCUT2D eigenvalue weighted by molar-refractivity contribution is 4.70. The lowest BCUT2D eigenvalue weighted by molar-refractivity contribution is 0.127. The number of unbranched alkanes of at least 4 members (excludes halogenated alkanes) is 11. The molecule has 0 spiro atoms. The van der Waals surface area contributed by atoms with Crippen LogP contribution in [0.5, 0.6) is 0 Å². The second kappa shape index (κ2) is 16.3. The van der Waals surface area contributed by atoms with E-state index in [0.29, 0.717) is 0 Å². The summed E-state index contributed by atoms with van der Waals surface area (Å²) in [5, 5.41) is 9.89. The van der Waals surface area contributed by atoms with Gasteiger partial charge in [0.25, 0.3) is 0 Å². The molecule has 2 atom stereocenters. The van der Waals surface area contributed by atoms with Crippen molar-refractivity contribution in [2.24, 2.45) is 5.73 Å². The second-order valence-electron chi connectivity index (χ2n) is 6.70. The predicted molar refractivity (Wildman–Crippen MR) is 94.6 cm³/mol. The molecule has 0 saturated heterocycles. The van der Waals surface area contributed by atoms with Gasteiger partial charge in [-0.15, -0.1) is 0 Å². The van der Waals surface area contributed by atoms with Crippen LogP contribution < -0.4 is 5.73 Å². The fourth-order valence-corrected chi connectivity index (χ4v) is 2.93. The normalized spacial score (nSPS) is 14.3. The van der Waals surface area contributed by atoms with E-state index in [1.807, 2.05) is 0 Å². The Morgan fingerprint density at radius 2 is 1.05 bits per heavy atom. The van der Waals surface area contributed by atoms with Crippen LogP contribution in [-0.4, -0.2) is 17.3 Å². The summed E-state index contributed by atoms with van der Waals surface area (Å²) in [7, 11) is 0. The van der Waals surface area contributed by atoms with Crippen LogP contribution in [0.25, 0.3) is 0 Å². The van der Waals surface area contributed by atoms with Crippen LogP contribution in [0.15, 0.2) is 0 Å². The average Bonchev–Trinajstić information content (AvgIpc) is 2.48. The Morgan fingerprint density at radius 3 is 1.48 bits per heavy atom. The Balaban J connectivity index is 3.15. The Bertz CT molecular complexity index is 196. The summed E-state index contributed by atoms with van der Waals surface area (Å²) in [6.07, 6.45) is 19.0. The highest BCUT2D eigenvalue weighted by Crippen LogP contribution is 2.14. The maximum Gasteiger partial charge on any atom is 0.0691 e. The van der Waals surface area contributed by atoms with E-state index in [9.17, 15) is 5.11 Å². The van der Waals surface area contributed by atoms with Crippen molar-refractivity contribution in [2.45, 2.75) is 122 Å². The topological polar surface area (TPSA) is 46.2 Å². The van der Waals surface area contributed by atoms with Crippen molar-refractivity contribution < 1.29 is 5.11 Å². The fraction of sp³-hybridized carbons (Fsp3) is 1.00. The van der Waals surface area contributed by atoms with Gasteiger partial charge in [0.15, 0.2) is 0 Å². The zero-order chi connectivity index (χ0) is 15.8. The van der Waals surface area contributed by atoms with Crippen LogP contribution in [0.3, 0.4) is 0 Å². The van der Waals surface area contributed by atoms with Crippen LogP contribution in [0.1, 0.15) is 110 Å². The summed E-state index contributed by atoms with van der Waals surface area (Å²) in [5.74, 6) is 0. The van der Waals surface area contributed by atoms with E-state index in [0.717, 1.165) is 25.7 Å². The van der Waals surface area contributed by atoms with E-state index in [4.69, 9.17) is 5.73 Å². The molecule has 0 fully saturated rings. The van der Waals surface area contributed by atoms with Crippen molar-refractivity contribution in [1.29, 1.82) is 0 Å². The van der Waals surface area contributed by atoms with E-state index in [2.05, 4.69) is 13.8 Å². The lowest BCUT2D eigenvalue weighted by Gasteiger charge is -2.17. The molecule has 0 aromatic carbocycles. The van der Waals surface area contributed by atoms with Crippen molar-refractivity contribution in [3.63, 3.8) is 0 Å².